The first kappa shape index (κ1) is 21.8. The Morgan fingerprint density at radius 2 is 1.81 bits per heavy atom. The van der Waals surface area contributed by atoms with E-state index in [1.54, 1.807) is 28.0 Å². The largest absolute Gasteiger partial charge is 0.344 e. The van der Waals surface area contributed by atoms with Gasteiger partial charge in [0.15, 0.2) is 5.82 Å². The molecule has 0 bridgehead atoms. The molecular weight excluding hydrogens is 454 g/mol. The van der Waals surface area contributed by atoms with E-state index in [0.29, 0.717) is 23.5 Å². The summed E-state index contributed by atoms with van der Waals surface area (Å²) in [5, 5.41) is 17.3. The second-order valence-corrected chi connectivity index (χ2v) is 9.56. The molecule has 36 heavy (non-hydrogen) atoms. The lowest BCUT2D eigenvalue weighted by molar-refractivity contribution is -0.110. The number of rotatable bonds is 5. The molecule has 0 unspecified atom stereocenters. The van der Waals surface area contributed by atoms with Crippen LogP contribution in [0.5, 0.6) is 0 Å². The molecule has 6 rings (SSSR count). The van der Waals surface area contributed by atoms with Crippen molar-refractivity contribution in [2.75, 3.05) is 15.5 Å². The molecule has 4 heterocycles. The summed E-state index contributed by atoms with van der Waals surface area (Å²) in [7, 11) is 0. The molecule has 0 saturated heterocycles. The second-order valence-electron chi connectivity index (χ2n) is 9.56. The number of aromatic amines is 1. The highest BCUT2D eigenvalue weighted by Crippen LogP contribution is 2.37. The molecule has 0 radical (unpaired) electrons. The van der Waals surface area contributed by atoms with Gasteiger partial charge in [0.05, 0.1) is 11.3 Å². The van der Waals surface area contributed by atoms with Gasteiger partial charge in [0.2, 0.25) is 0 Å². The molecule has 0 aliphatic carbocycles. The minimum atomic E-state index is -0.589. The highest BCUT2D eigenvalue weighted by atomic mass is 16.2. The van der Waals surface area contributed by atoms with Gasteiger partial charge in [-0.1, -0.05) is 18.2 Å². The molecule has 180 valence electrons. The topological polar surface area (TPSA) is 108 Å². The molecule has 0 atom stereocenters. The third-order valence-electron chi connectivity index (χ3n) is 6.65. The maximum atomic E-state index is 13.1. The normalized spacial score (nSPS) is 16.9. The molecule has 2 aliphatic heterocycles. The highest BCUT2D eigenvalue weighted by Gasteiger charge is 2.44. The number of carbonyl (C=O) groups is 2. The lowest BCUT2D eigenvalue weighted by Gasteiger charge is -2.32. The van der Waals surface area contributed by atoms with Gasteiger partial charge in [-0.3, -0.25) is 19.6 Å². The molecule has 2 amide bonds. The molecule has 9 heteroatoms. The number of carbonyl (C=O) groups excluding carboxylic acids is 2. The zero-order valence-corrected chi connectivity index (χ0v) is 20.2. The maximum absolute atomic E-state index is 13.1. The first-order valence-electron chi connectivity index (χ1n) is 11.7. The van der Waals surface area contributed by atoms with Crippen LogP contribution in [0.3, 0.4) is 0 Å². The summed E-state index contributed by atoms with van der Waals surface area (Å²) in [6.45, 7) is 5.88. The van der Waals surface area contributed by atoms with E-state index in [9.17, 15) is 9.59 Å². The number of H-pyrrole nitrogens is 1. The highest BCUT2D eigenvalue weighted by molar-refractivity contribution is 6.31. The van der Waals surface area contributed by atoms with E-state index in [1.165, 1.54) is 0 Å². The first-order chi connectivity index (χ1) is 17.3. The fraction of sp³-hybridized carbons (Fsp3) is 0.185. The average molecular weight is 480 g/mol. The lowest BCUT2D eigenvalue weighted by atomic mass is 9.99. The Morgan fingerprint density at radius 3 is 2.53 bits per heavy atom. The van der Waals surface area contributed by atoms with Crippen LogP contribution in [0.4, 0.5) is 17.2 Å². The standard InChI is InChI=1S/C27H25N7O2/c1-16-12-23-26(36)33(27(2,3)34(23)32-16)19-7-4-17(5-8-19)13-18-6-9-22-20(14-18)21(25(35)30-22)15-28-24-10-11-29-31-24/h4-12,14-15H,13H2,1-3H3,(H,30,35)(H2,28,29,31)/b21-15-. The zero-order valence-electron chi connectivity index (χ0n) is 20.2. The van der Waals surface area contributed by atoms with E-state index in [1.807, 2.05) is 69.3 Å². The van der Waals surface area contributed by atoms with Crippen molar-refractivity contribution in [2.45, 2.75) is 32.9 Å². The Hall–Kier alpha value is -4.66. The van der Waals surface area contributed by atoms with Crippen molar-refractivity contribution in [1.82, 2.24) is 20.0 Å². The van der Waals surface area contributed by atoms with Crippen molar-refractivity contribution in [3.05, 3.63) is 95.1 Å². The molecule has 0 spiro atoms. The van der Waals surface area contributed by atoms with Crippen LogP contribution < -0.4 is 15.5 Å². The van der Waals surface area contributed by atoms with Gasteiger partial charge in [-0.25, -0.2) is 4.68 Å². The number of anilines is 3. The smallest absolute Gasteiger partial charge is 0.278 e. The predicted molar refractivity (Wildman–Crippen MR) is 138 cm³/mol. The number of hydrogen-bond acceptors (Lipinski definition) is 5. The van der Waals surface area contributed by atoms with Crippen LogP contribution in [0.1, 0.15) is 46.7 Å². The number of aryl methyl sites for hydroxylation is 1. The molecule has 0 saturated carbocycles. The van der Waals surface area contributed by atoms with Gasteiger partial charge in [0.25, 0.3) is 11.8 Å². The van der Waals surface area contributed by atoms with E-state index >= 15 is 0 Å². The van der Waals surface area contributed by atoms with Crippen LogP contribution in [0.15, 0.2) is 67.0 Å². The van der Waals surface area contributed by atoms with Gasteiger partial charge >= 0.3 is 0 Å². The number of nitrogens with one attached hydrogen (secondary N) is 3. The maximum Gasteiger partial charge on any atom is 0.278 e. The van der Waals surface area contributed by atoms with Gasteiger partial charge in [0, 0.05) is 35.4 Å². The number of hydrogen-bond donors (Lipinski definition) is 3. The number of nitrogens with zero attached hydrogens (tertiary/aromatic N) is 4. The number of amides is 2. The monoisotopic (exact) mass is 479 g/mol. The SMILES string of the molecule is Cc1cc2n(n1)C(C)(C)N(c1ccc(Cc3ccc4c(c3)/C(=C/Nc3cc[nH]n3)C(=O)N4)cc1)C2=O. The predicted octanol–water partition coefficient (Wildman–Crippen LogP) is 4.26. The number of aromatic nitrogens is 4. The van der Waals surface area contributed by atoms with Crippen LogP contribution in [0, 0.1) is 6.92 Å². The molecule has 0 fully saturated rings. The van der Waals surface area contributed by atoms with Crippen LogP contribution in [0.25, 0.3) is 5.57 Å². The van der Waals surface area contributed by atoms with Crippen molar-refractivity contribution in [1.29, 1.82) is 0 Å². The quantitative estimate of drug-likeness (QED) is 0.371. The zero-order chi connectivity index (χ0) is 25.0. The third kappa shape index (κ3) is 3.48. The summed E-state index contributed by atoms with van der Waals surface area (Å²) < 4.78 is 1.80. The van der Waals surface area contributed by atoms with Crippen molar-refractivity contribution in [2.24, 2.45) is 0 Å². The third-order valence-corrected chi connectivity index (χ3v) is 6.65. The summed E-state index contributed by atoms with van der Waals surface area (Å²) in [4.78, 5) is 27.4. The van der Waals surface area contributed by atoms with Crippen molar-refractivity contribution >= 4 is 34.6 Å². The first-order valence-corrected chi connectivity index (χ1v) is 11.7. The fourth-order valence-corrected chi connectivity index (χ4v) is 4.93. The summed E-state index contributed by atoms with van der Waals surface area (Å²) in [5.41, 5.74) is 6.07. The van der Waals surface area contributed by atoms with Gasteiger partial charge in [-0.2, -0.15) is 10.2 Å². The molecule has 2 aromatic heterocycles. The molecular formula is C27H25N7O2. The van der Waals surface area contributed by atoms with Crippen LogP contribution in [-0.2, 0) is 16.9 Å². The van der Waals surface area contributed by atoms with Crippen molar-refractivity contribution in [3.63, 3.8) is 0 Å². The Labute approximate surface area is 207 Å². The Bertz CT molecular complexity index is 1530. The van der Waals surface area contributed by atoms with Crippen LogP contribution in [-0.4, -0.2) is 31.8 Å². The molecule has 2 aromatic carbocycles. The number of benzene rings is 2. The van der Waals surface area contributed by atoms with Gasteiger partial charge in [-0.15, -0.1) is 0 Å². The number of fused-ring (bicyclic) bond motifs is 2. The molecule has 4 aromatic rings. The summed E-state index contributed by atoms with van der Waals surface area (Å²) in [6.07, 6.45) is 4.08. The van der Waals surface area contributed by atoms with E-state index in [4.69, 9.17) is 0 Å². The molecule has 3 N–H and O–H groups in total. The summed E-state index contributed by atoms with van der Waals surface area (Å²) in [6, 6.07) is 17.6. The average Bonchev–Trinajstić information content (AvgIpc) is 3.60. The van der Waals surface area contributed by atoms with Crippen molar-refractivity contribution < 1.29 is 9.59 Å². The second kappa shape index (κ2) is 7.94. The van der Waals surface area contributed by atoms with Gasteiger partial charge in [-0.05, 0) is 68.7 Å². The minimum absolute atomic E-state index is 0.0492. The fourth-order valence-electron chi connectivity index (χ4n) is 4.93. The van der Waals surface area contributed by atoms with E-state index in [0.717, 1.165) is 33.8 Å². The van der Waals surface area contributed by atoms with E-state index < -0.39 is 5.66 Å². The van der Waals surface area contributed by atoms with E-state index in [2.05, 4.69) is 25.9 Å². The molecule has 2 aliphatic rings. The Balaban J connectivity index is 1.22. The van der Waals surface area contributed by atoms with Crippen molar-refractivity contribution in [3.8, 4) is 0 Å². The minimum Gasteiger partial charge on any atom is -0.344 e. The van der Waals surface area contributed by atoms with E-state index in [-0.39, 0.29) is 11.8 Å². The van der Waals surface area contributed by atoms with Crippen LogP contribution >= 0.6 is 0 Å². The summed E-state index contributed by atoms with van der Waals surface area (Å²) >= 11 is 0. The summed E-state index contributed by atoms with van der Waals surface area (Å²) in [5.74, 6) is 0.438. The van der Waals surface area contributed by atoms with Gasteiger partial charge < -0.3 is 10.6 Å². The Kier molecular flexibility index (Phi) is 4.82. The van der Waals surface area contributed by atoms with Crippen LogP contribution in [0.2, 0.25) is 0 Å². The van der Waals surface area contributed by atoms with Gasteiger partial charge in [0.1, 0.15) is 11.4 Å². The lowest BCUT2D eigenvalue weighted by Crippen LogP contribution is -2.43. The Morgan fingerprint density at radius 1 is 1.03 bits per heavy atom. The molecule has 9 nitrogen and oxygen atoms in total.